The van der Waals surface area contributed by atoms with Gasteiger partial charge in [0.05, 0.1) is 30.5 Å². The molecular weight excluding hydrogens is 380 g/mol. The van der Waals surface area contributed by atoms with Gasteiger partial charge in [0.1, 0.15) is 17.4 Å². The third-order valence-electron chi connectivity index (χ3n) is 4.38. The van der Waals surface area contributed by atoms with Crippen LogP contribution in [-0.4, -0.2) is 43.0 Å². The molecule has 0 saturated carbocycles. The van der Waals surface area contributed by atoms with E-state index in [0.717, 1.165) is 31.7 Å². The number of esters is 1. The highest BCUT2D eigenvalue weighted by Crippen LogP contribution is 2.36. The second-order valence-corrected chi connectivity index (χ2v) is 8.54. The first kappa shape index (κ1) is 18.1. The van der Waals surface area contributed by atoms with Gasteiger partial charge in [0.2, 0.25) is 0 Å². The van der Waals surface area contributed by atoms with Gasteiger partial charge in [0.25, 0.3) is 0 Å². The third-order valence-corrected chi connectivity index (χ3v) is 6.36. The number of thiazole rings is 1. The van der Waals surface area contributed by atoms with Crippen molar-refractivity contribution < 1.29 is 14.3 Å². The second-order valence-electron chi connectivity index (χ2n) is 6.19. The molecule has 2 heterocycles. The van der Waals surface area contributed by atoms with Crippen molar-refractivity contribution in [3.63, 3.8) is 0 Å². The quantitative estimate of drug-likeness (QED) is 0.450. The minimum Gasteiger partial charge on any atom is -0.494 e. The molecule has 1 aromatic heterocycles. The average Bonchev–Trinajstić information content (AvgIpc) is 3.08. The molecule has 0 radical (unpaired) electrons. The van der Waals surface area contributed by atoms with E-state index in [2.05, 4.69) is 16.8 Å². The fourth-order valence-corrected chi connectivity index (χ4v) is 4.62. The van der Waals surface area contributed by atoms with Crippen LogP contribution in [-0.2, 0) is 4.74 Å². The minimum absolute atomic E-state index is 0.101. The lowest BCUT2D eigenvalue weighted by atomic mass is 10.2. The van der Waals surface area contributed by atoms with Gasteiger partial charge in [0, 0.05) is 4.90 Å². The Bertz CT molecular complexity index is 950. The molecule has 2 aromatic carbocycles. The Kier molecular flexibility index (Phi) is 5.22. The van der Waals surface area contributed by atoms with Gasteiger partial charge in [-0.25, -0.2) is 9.78 Å². The lowest BCUT2D eigenvalue weighted by Gasteiger charge is -2.38. The van der Waals surface area contributed by atoms with Gasteiger partial charge < -0.3 is 14.4 Å². The lowest BCUT2D eigenvalue weighted by molar-refractivity contribution is 0.0234. The summed E-state index contributed by atoms with van der Waals surface area (Å²) >= 11 is 3.38. The van der Waals surface area contributed by atoms with Crippen molar-refractivity contribution in [2.45, 2.75) is 17.9 Å². The molecule has 1 fully saturated rings. The number of benzene rings is 2. The highest BCUT2D eigenvalue weighted by Gasteiger charge is 2.32. The van der Waals surface area contributed by atoms with E-state index in [0.29, 0.717) is 18.7 Å². The summed E-state index contributed by atoms with van der Waals surface area (Å²) in [4.78, 5) is 20.3. The second kappa shape index (κ2) is 7.78. The molecule has 5 nitrogen and oxygen atoms in total. The van der Waals surface area contributed by atoms with Gasteiger partial charge in [-0.05, 0) is 42.2 Å². The number of para-hydroxylation sites is 1. The van der Waals surface area contributed by atoms with Crippen LogP contribution < -0.4 is 9.64 Å². The summed E-state index contributed by atoms with van der Waals surface area (Å²) in [6.45, 7) is 3.44. The maximum absolute atomic E-state index is 12.3. The Hall–Kier alpha value is -2.25. The molecule has 0 atom stereocenters. The van der Waals surface area contributed by atoms with Crippen LogP contribution >= 0.6 is 23.1 Å². The summed E-state index contributed by atoms with van der Waals surface area (Å²) in [6.07, 6.45) is -0.101. The molecule has 1 aliphatic heterocycles. The third kappa shape index (κ3) is 3.75. The minimum atomic E-state index is -0.265. The van der Waals surface area contributed by atoms with E-state index in [4.69, 9.17) is 9.47 Å². The number of rotatable bonds is 6. The van der Waals surface area contributed by atoms with Crippen LogP contribution in [0.2, 0.25) is 0 Å². The van der Waals surface area contributed by atoms with Gasteiger partial charge in [-0.3, -0.25) is 0 Å². The van der Waals surface area contributed by atoms with Crippen molar-refractivity contribution in [2.75, 3.05) is 30.9 Å². The summed E-state index contributed by atoms with van der Waals surface area (Å²) in [6, 6.07) is 13.5. The van der Waals surface area contributed by atoms with Gasteiger partial charge in [-0.15, -0.1) is 11.8 Å². The number of carbonyl (C=O) groups is 1. The topological polar surface area (TPSA) is 51.7 Å². The van der Waals surface area contributed by atoms with Crippen LogP contribution in [0, 0.1) is 0 Å². The Morgan fingerprint density at radius 2 is 2.04 bits per heavy atom. The smallest absolute Gasteiger partial charge is 0.338 e. The zero-order valence-corrected chi connectivity index (χ0v) is 16.8. The molecule has 0 spiro atoms. The Labute approximate surface area is 166 Å². The van der Waals surface area contributed by atoms with E-state index in [1.54, 1.807) is 30.2 Å². The Balaban J connectivity index is 1.36. The van der Waals surface area contributed by atoms with Crippen LogP contribution in [0.5, 0.6) is 5.75 Å². The number of hydrogen-bond acceptors (Lipinski definition) is 7. The monoisotopic (exact) mass is 400 g/mol. The number of aromatic nitrogens is 1. The van der Waals surface area contributed by atoms with Crippen molar-refractivity contribution in [1.29, 1.82) is 0 Å². The predicted molar refractivity (Wildman–Crippen MR) is 110 cm³/mol. The molecule has 0 aliphatic carbocycles. The fourth-order valence-electron chi connectivity index (χ4n) is 2.95. The Morgan fingerprint density at radius 1 is 1.26 bits per heavy atom. The summed E-state index contributed by atoms with van der Waals surface area (Å²) in [5.41, 5.74) is 1.48. The van der Waals surface area contributed by atoms with E-state index in [-0.39, 0.29) is 12.1 Å². The molecule has 1 saturated heterocycles. The van der Waals surface area contributed by atoms with Crippen molar-refractivity contribution in [3.05, 3.63) is 48.0 Å². The van der Waals surface area contributed by atoms with Crippen LogP contribution in [0.1, 0.15) is 17.3 Å². The van der Waals surface area contributed by atoms with Gasteiger partial charge in [-0.1, -0.05) is 24.3 Å². The molecule has 1 aliphatic rings. The zero-order chi connectivity index (χ0) is 18.8. The number of carbonyl (C=O) groups excluding carboxylic acids is 1. The first-order valence-electron chi connectivity index (χ1n) is 8.80. The number of hydrogen-bond donors (Lipinski definition) is 0. The van der Waals surface area contributed by atoms with E-state index in [1.165, 1.54) is 0 Å². The average molecular weight is 401 g/mol. The number of ether oxygens (including phenoxy) is 2. The molecular formula is C20H20N2O3S2. The number of thioether (sulfide) groups is 1. The molecule has 0 unspecified atom stereocenters. The normalized spacial score (nSPS) is 14.2. The maximum atomic E-state index is 12.3. The van der Waals surface area contributed by atoms with E-state index in [1.807, 2.05) is 42.5 Å². The molecule has 7 heteroatoms. The van der Waals surface area contributed by atoms with Gasteiger partial charge in [-0.2, -0.15) is 0 Å². The summed E-state index contributed by atoms with van der Waals surface area (Å²) in [5, 5.41) is 0.933. The first-order valence-corrected chi connectivity index (χ1v) is 10.6. The van der Waals surface area contributed by atoms with E-state index >= 15 is 0 Å². The largest absolute Gasteiger partial charge is 0.494 e. The van der Waals surface area contributed by atoms with E-state index in [9.17, 15) is 4.79 Å². The molecule has 0 N–H and O–H groups in total. The first-order chi connectivity index (χ1) is 13.2. The van der Waals surface area contributed by atoms with Crippen molar-refractivity contribution in [2.24, 2.45) is 0 Å². The van der Waals surface area contributed by atoms with Crippen molar-refractivity contribution in [1.82, 2.24) is 4.98 Å². The SMILES string of the molecule is CCSc1ccc(C(=O)OC2CN(c3nc4c(OC)cccc4s3)C2)cc1. The number of anilines is 1. The summed E-state index contributed by atoms with van der Waals surface area (Å²) in [7, 11) is 1.65. The molecule has 0 bridgehead atoms. The van der Waals surface area contributed by atoms with Crippen LogP contribution in [0.25, 0.3) is 10.2 Å². The van der Waals surface area contributed by atoms with Crippen LogP contribution in [0.15, 0.2) is 47.4 Å². The maximum Gasteiger partial charge on any atom is 0.338 e. The predicted octanol–water partition coefficient (Wildman–Crippen LogP) is 4.46. The number of fused-ring (bicyclic) bond motifs is 1. The zero-order valence-electron chi connectivity index (χ0n) is 15.2. The standard InChI is InChI=1S/C20H20N2O3S2/c1-3-26-15-9-7-13(8-10-15)19(23)25-14-11-22(12-14)20-21-18-16(24-2)5-4-6-17(18)27-20/h4-10,14H,3,11-12H2,1-2H3. The lowest BCUT2D eigenvalue weighted by Crippen LogP contribution is -2.53. The fraction of sp³-hybridized carbons (Fsp3) is 0.300. The highest BCUT2D eigenvalue weighted by atomic mass is 32.2. The van der Waals surface area contributed by atoms with Gasteiger partial charge >= 0.3 is 5.97 Å². The summed E-state index contributed by atoms with van der Waals surface area (Å²) < 4.78 is 12.1. The molecule has 140 valence electrons. The Morgan fingerprint density at radius 3 is 2.74 bits per heavy atom. The van der Waals surface area contributed by atoms with Gasteiger partial charge in [0.15, 0.2) is 5.13 Å². The summed E-state index contributed by atoms with van der Waals surface area (Å²) in [5.74, 6) is 1.53. The van der Waals surface area contributed by atoms with E-state index < -0.39 is 0 Å². The molecule has 0 amide bonds. The molecule has 27 heavy (non-hydrogen) atoms. The highest BCUT2D eigenvalue weighted by molar-refractivity contribution is 7.99. The molecule has 3 aromatic rings. The number of nitrogens with zero attached hydrogens (tertiary/aromatic N) is 2. The number of methoxy groups -OCH3 is 1. The van der Waals surface area contributed by atoms with Crippen molar-refractivity contribution >= 4 is 44.4 Å². The van der Waals surface area contributed by atoms with Crippen LogP contribution in [0.3, 0.4) is 0 Å². The van der Waals surface area contributed by atoms with Crippen LogP contribution in [0.4, 0.5) is 5.13 Å². The molecule has 4 rings (SSSR count). The van der Waals surface area contributed by atoms with Crippen molar-refractivity contribution in [3.8, 4) is 5.75 Å².